The van der Waals surface area contributed by atoms with Crippen molar-refractivity contribution in [2.45, 2.75) is 58.6 Å². The minimum Gasteiger partial charge on any atom is -0.481 e. The van der Waals surface area contributed by atoms with E-state index in [4.69, 9.17) is 9.84 Å². The predicted molar refractivity (Wildman–Crippen MR) is 93.3 cm³/mol. The lowest BCUT2D eigenvalue weighted by atomic mass is 10.0. The van der Waals surface area contributed by atoms with Gasteiger partial charge in [-0.05, 0) is 37.3 Å². The van der Waals surface area contributed by atoms with E-state index in [1.807, 2.05) is 24.3 Å². The van der Waals surface area contributed by atoms with Crippen LogP contribution in [0.3, 0.4) is 0 Å². The summed E-state index contributed by atoms with van der Waals surface area (Å²) in [6.07, 6.45) is 1.89. The number of unbranched alkanes of at least 4 members (excludes halogenated alkanes) is 2. The number of carboxylic acids is 1. The van der Waals surface area contributed by atoms with Crippen molar-refractivity contribution in [1.82, 2.24) is 10.6 Å². The summed E-state index contributed by atoms with van der Waals surface area (Å²) in [7, 11) is 0. The molecular weight excluding hydrogens is 308 g/mol. The van der Waals surface area contributed by atoms with E-state index in [0.29, 0.717) is 18.9 Å². The number of benzene rings is 1. The van der Waals surface area contributed by atoms with Crippen LogP contribution in [-0.4, -0.2) is 29.9 Å². The fraction of sp³-hybridized carbons (Fsp3) is 0.556. The van der Waals surface area contributed by atoms with Gasteiger partial charge in [0.05, 0.1) is 0 Å². The van der Waals surface area contributed by atoms with E-state index in [2.05, 4.69) is 24.5 Å². The zero-order valence-corrected chi connectivity index (χ0v) is 14.7. The highest BCUT2D eigenvalue weighted by Gasteiger charge is 2.12. The van der Waals surface area contributed by atoms with Crippen molar-refractivity contribution in [1.29, 1.82) is 0 Å². The number of nitrogens with one attached hydrogen (secondary N) is 2. The summed E-state index contributed by atoms with van der Waals surface area (Å²) >= 11 is 0. The molecule has 0 heterocycles. The number of aliphatic carboxylic acids is 1. The Bertz CT molecular complexity index is 532. The average molecular weight is 336 g/mol. The first-order valence-electron chi connectivity index (χ1n) is 8.42. The van der Waals surface area contributed by atoms with Gasteiger partial charge in [0, 0.05) is 13.0 Å². The van der Waals surface area contributed by atoms with Gasteiger partial charge in [-0.15, -0.1) is 0 Å². The molecule has 1 aromatic carbocycles. The van der Waals surface area contributed by atoms with Gasteiger partial charge in [-0.3, -0.25) is 4.79 Å². The fourth-order valence-electron chi connectivity index (χ4n) is 2.30. The molecule has 6 nitrogen and oxygen atoms in total. The van der Waals surface area contributed by atoms with Crippen LogP contribution in [0.2, 0.25) is 0 Å². The van der Waals surface area contributed by atoms with Gasteiger partial charge in [0.2, 0.25) is 0 Å². The number of ether oxygens (including phenoxy) is 1. The topological polar surface area (TPSA) is 87.7 Å². The Morgan fingerprint density at radius 2 is 1.83 bits per heavy atom. The van der Waals surface area contributed by atoms with Gasteiger partial charge in [-0.1, -0.05) is 38.5 Å². The molecule has 1 atom stereocenters. The standard InChI is InChI=1S/C18H28N2O4/c1-13(2)15-9-6-7-10-16(15)24-14(3)20-18(23)19-12-8-4-5-11-17(21)22/h6-7,9-10,13-14H,4-5,8,11-12H2,1-3H3,(H,21,22)(H2,19,20,23). The van der Waals surface area contributed by atoms with E-state index in [0.717, 1.165) is 24.2 Å². The lowest BCUT2D eigenvalue weighted by Gasteiger charge is -2.20. The summed E-state index contributed by atoms with van der Waals surface area (Å²) in [6.45, 7) is 6.49. The Balaban J connectivity index is 2.28. The lowest BCUT2D eigenvalue weighted by Crippen LogP contribution is -2.43. The van der Waals surface area contributed by atoms with E-state index in [-0.39, 0.29) is 12.5 Å². The Kier molecular flexibility index (Phi) is 8.68. The second kappa shape index (κ2) is 10.5. The third-order valence-corrected chi connectivity index (χ3v) is 3.53. The van der Waals surface area contributed by atoms with Crippen LogP contribution in [0, 0.1) is 0 Å². The van der Waals surface area contributed by atoms with Crippen molar-refractivity contribution in [3.05, 3.63) is 29.8 Å². The number of amides is 2. The molecule has 6 heteroatoms. The van der Waals surface area contributed by atoms with E-state index in [1.165, 1.54) is 0 Å². The van der Waals surface area contributed by atoms with Crippen molar-refractivity contribution < 1.29 is 19.4 Å². The molecule has 0 saturated heterocycles. The lowest BCUT2D eigenvalue weighted by molar-refractivity contribution is -0.137. The Hall–Kier alpha value is -2.24. The molecule has 0 aliphatic rings. The molecule has 1 aromatic rings. The first kappa shape index (κ1) is 19.8. The second-order valence-electron chi connectivity index (χ2n) is 6.06. The summed E-state index contributed by atoms with van der Waals surface area (Å²) in [6, 6.07) is 7.50. The number of carbonyl (C=O) groups is 2. The smallest absolute Gasteiger partial charge is 0.317 e. The van der Waals surface area contributed by atoms with E-state index in [1.54, 1.807) is 6.92 Å². The molecule has 0 bridgehead atoms. The Labute approximate surface area is 143 Å². The quantitative estimate of drug-likeness (QED) is 0.451. The third kappa shape index (κ3) is 7.85. The van der Waals surface area contributed by atoms with Crippen LogP contribution >= 0.6 is 0 Å². The van der Waals surface area contributed by atoms with Gasteiger partial charge in [0.15, 0.2) is 6.23 Å². The van der Waals surface area contributed by atoms with Crippen LogP contribution in [0.5, 0.6) is 5.75 Å². The molecular formula is C18H28N2O4. The van der Waals surface area contributed by atoms with E-state index >= 15 is 0 Å². The molecule has 0 radical (unpaired) electrons. The van der Waals surface area contributed by atoms with E-state index in [9.17, 15) is 9.59 Å². The number of carbonyl (C=O) groups excluding carboxylic acids is 1. The zero-order chi connectivity index (χ0) is 17.9. The van der Waals surface area contributed by atoms with Crippen LogP contribution in [0.1, 0.15) is 57.9 Å². The minimum atomic E-state index is -0.784. The first-order valence-corrected chi connectivity index (χ1v) is 8.42. The molecule has 3 N–H and O–H groups in total. The Morgan fingerprint density at radius 3 is 2.50 bits per heavy atom. The summed E-state index contributed by atoms with van der Waals surface area (Å²) in [5, 5.41) is 14.0. The number of carboxylic acid groups (broad SMARTS) is 1. The molecule has 1 rings (SSSR count). The first-order chi connectivity index (χ1) is 11.4. The molecule has 24 heavy (non-hydrogen) atoms. The zero-order valence-electron chi connectivity index (χ0n) is 14.7. The van der Waals surface area contributed by atoms with Crippen LogP contribution in [0.4, 0.5) is 4.79 Å². The molecule has 0 aromatic heterocycles. The van der Waals surface area contributed by atoms with E-state index < -0.39 is 12.2 Å². The molecule has 0 aliphatic carbocycles. The maximum absolute atomic E-state index is 11.8. The fourth-order valence-corrected chi connectivity index (χ4v) is 2.30. The molecule has 2 amide bonds. The number of hydrogen-bond donors (Lipinski definition) is 3. The van der Waals surface area contributed by atoms with Crippen LogP contribution in [-0.2, 0) is 4.79 Å². The minimum absolute atomic E-state index is 0.173. The molecule has 0 fully saturated rings. The highest BCUT2D eigenvalue weighted by atomic mass is 16.5. The average Bonchev–Trinajstić information content (AvgIpc) is 2.50. The van der Waals surface area contributed by atoms with Crippen LogP contribution in [0.15, 0.2) is 24.3 Å². The molecule has 0 spiro atoms. The van der Waals surface area contributed by atoms with Gasteiger partial charge >= 0.3 is 12.0 Å². The van der Waals surface area contributed by atoms with Gasteiger partial charge in [-0.25, -0.2) is 4.79 Å². The van der Waals surface area contributed by atoms with Crippen molar-refractivity contribution >= 4 is 12.0 Å². The summed E-state index contributed by atoms with van der Waals surface area (Å²) in [4.78, 5) is 22.2. The normalized spacial score (nSPS) is 11.8. The van der Waals surface area contributed by atoms with Crippen LogP contribution < -0.4 is 15.4 Å². The highest BCUT2D eigenvalue weighted by molar-refractivity contribution is 5.73. The summed E-state index contributed by atoms with van der Waals surface area (Å²) in [5.74, 6) is 0.329. The maximum Gasteiger partial charge on any atom is 0.317 e. The van der Waals surface area contributed by atoms with Gasteiger partial charge in [-0.2, -0.15) is 0 Å². The highest BCUT2D eigenvalue weighted by Crippen LogP contribution is 2.26. The number of rotatable bonds is 10. The maximum atomic E-state index is 11.8. The van der Waals surface area contributed by atoms with Gasteiger partial charge < -0.3 is 20.5 Å². The number of hydrogen-bond acceptors (Lipinski definition) is 3. The van der Waals surface area contributed by atoms with Crippen molar-refractivity contribution in [2.24, 2.45) is 0 Å². The predicted octanol–water partition coefficient (Wildman–Crippen LogP) is 3.48. The van der Waals surface area contributed by atoms with Crippen molar-refractivity contribution in [3.63, 3.8) is 0 Å². The SMILES string of the molecule is CC(NC(=O)NCCCCCC(=O)O)Oc1ccccc1C(C)C. The molecule has 1 unspecified atom stereocenters. The second-order valence-corrected chi connectivity index (χ2v) is 6.06. The van der Waals surface area contributed by atoms with Gasteiger partial charge in [0.25, 0.3) is 0 Å². The Morgan fingerprint density at radius 1 is 1.12 bits per heavy atom. The van der Waals surface area contributed by atoms with Crippen LogP contribution in [0.25, 0.3) is 0 Å². The van der Waals surface area contributed by atoms with Crippen molar-refractivity contribution in [3.8, 4) is 5.75 Å². The molecule has 0 aliphatic heterocycles. The summed E-state index contributed by atoms with van der Waals surface area (Å²) in [5.41, 5.74) is 1.10. The van der Waals surface area contributed by atoms with Crippen molar-refractivity contribution in [2.75, 3.05) is 6.54 Å². The molecule has 0 saturated carbocycles. The largest absolute Gasteiger partial charge is 0.481 e. The number of urea groups is 1. The van der Waals surface area contributed by atoms with Gasteiger partial charge in [0.1, 0.15) is 5.75 Å². The monoisotopic (exact) mass is 336 g/mol. The summed E-state index contributed by atoms with van der Waals surface area (Å²) < 4.78 is 5.81. The molecule has 134 valence electrons. The number of para-hydroxylation sites is 1. The third-order valence-electron chi connectivity index (χ3n) is 3.53.